The molecule has 0 spiro atoms. The molecule has 10 heteroatoms. The van der Waals surface area contributed by atoms with Gasteiger partial charge in [0, 0.05) is 24.2 Å². The second-order valence-corrected chi connectivity index (χ2v) is 8.39. The SMILES string of the molecule is N=C(N)c1cccc(C=CCN(C(=O)CCC(=O)O)c2ccc(OC3CCNCC3)c(C(=O)O)c2)c1. The van der Waals surface area contributed by atoms with Gasteiger partial charge in [-0.25, -0.2) is 4.79 Å². The highest BCUT2D eigenvalue weighted by Gasteiger charge is 2.22. The zero-order valence-electron chi connectivity index (χ0n) is 19.8. The van der Waals surface area contributed by atoms with Gasteiger partial charge in [0.2, 0.25) is 5.91 Å². The lowest BCUT2D eigenvalue weighted by molar-refractivity contribution is -0.138. The van der Waals surface area contributed by atoms with Crippen LogP contribution in [0.15, 0.2) is 48.5 Å². The number of amides is 1. The molecule has 1 saturated heterocycles. The maximum Gasteiger partial charge on any atom is 0.339 e. The van der Waals surface area contributed by atoms with Crippen LogP contribution in [0.4, 0.5) is 5.69 Å². The normalized spacial score (nSPS) is 13.9. The van der Waals surface area contributed by atoms with Gasteiger partial charge in [-0.1, -0.05) is 30.4 Å². The van der Waals surface area contributed by atoms with E-state index in [4.69, 9.17) is 21.0 Å². The van der Waals surface area contributed by atoms with Gasteiger partial charge < -0.3 is 30.9 Å². The van der Waals surface area contributed by atoms with Crippen molar-refractivity contribution in [2.45, 2.75) is 31.8 Å². The molecule has 1 heterocycles. The van der Waals surface area contributed by atoms with Crippen molar-refractivity contribution in [3.63, 3.8) is 0 Å². The van der Waals surface area contributed by atoms with E-state index >= 15 is 0 Å². The molecule has 0 atom stereocenters. The Hall–Kier alpha value is -4.18. The molecule has 1 aliphatic rings. The van der Waals surface area contributed by atoms with Gasteiger partial charge in [0.05, 0.1) is 6.42 Å². The van der Waals surface area contributed by atoms with Crippen molar-refractivity contribution in [3.8, 4) is 5.75 Å². The van der Waals surface area contributed by atoms with E-state index in [-0.39, 0.29) is 42.6 Å². The van der Waals surface area contributed by atoms with Gasteiger partial charge >= 0.3 is 11.9 Å². The van der Waals surface area contributed by atoms with Crippen LogP contribution in [-0.4, -0.2) is 59.6 Å². The summed E-state index contributed by atoms with van der Waals surface area (Å²) in [6.07, 6.45) is 4.29. The number of aromatic carboxylic acids is 1. The molecular formula is C26H30N4O6. The van der Waals surface area contributed by atoms with Crippen molar-refractivity contribution in [2.75, 3.05) is 24.5 Å². The third-order valence-electron chi connectivity index (χ3n) is 5.73. The second-order valence-electron chi connectivity index (χ2n) is 8.39. The average Bonchev–Trinajstić information content (AvgIpc) is 2.86. The first kappa shape index (κ1) is 26.4. The summed E-state index contributed by atoms with van der Waals surface area (Å²) < 4.78 is 5.95. The molecule has 1 fully saturated rings. The fraction of sp³-hybridized carbons (Fsp3) is 0.308. The summed E-state index contributed by atoms with van der Waals surface area (Å²) in [5.74, 6) is -2.58. The molecule has 1 amide bonds. The highest BCUT2D eigenvalue weighted by Crippen LogP contribution is 2.28. The molecule has 190 valence electrons. The van der Waals surface area contributed by atoms with Gasteiger partial charge in [-0.2, -0.15) is 0 Å². The minimum atomic E-state index is -1.18. The minimum Gasteiger partial charge on any atom is -0.489 e. The zero-order chi connectivity index (χ0) is 26.1. The number of hydrogen-bond acceptors (Lipinski definition) is 6. The van der Waals surface area contributed by atoms with Crippen LogP contribution in [0.1, 0.15) is 47.2 Å². The van der Waals surface area contributed by atoms with E-state index in [1.54, 1.807) is 42.5 Å². The van der Waals surface area contributed by atoms with Gasteiger partial charge in [0.15, 0.2) is 0 Å². The van der Waals surface area contributed by atoms with Crippen LogP contribution in [-0.2, 0) is 9.59 Å². The van der Waals surface area contributed by atoms with Crippen molar-refractivity contribution in [1.82, 2.24) is 5.32 Å². The number of anilines is 1. The quantitative estimate of drug-likeness (QED) is 0.235. The van der Waals surface area contributed by atoms with Crippen LogP contribution in [0.25, 0.3) is 6.08 Å². The lowest BCUT2D eigenvalue weighted by Crippen LogP contribution is -2.34. The number of carboxylic acids is 2. The number of piperidine rings is 1. The highest BCUT2D eigenvalue weighted by atomic mass is 16.5. The van der Waals surface area contributed by atoms with Crippen molar-refractivity contribution in [2.24, 2.45) is 5.73 Å². The number of amidine groups is 1. The molecule has 0 saturated carbocycles. The third kappa shape index (κ3) is 7.41. The number of rotatable bonds is 11. The van der Waals surface area contributed by atoms with Crippen molar-refractivity contribution < 1.29 is 29.3 Å². The molecule has 0 aromatic heterocycles. The predicted octanol–water partition coefficient (Wildman–Crippen LogP) is 2.71. The summed E-state index contributed by atoms with van der Waals surface area (Å²) in [5, 5.41) is 29.6. The maximum atomic E-state index is 12.9. The Morgan fingerprint density at radius 1 is 1.11 bits per heavy atom. The molecule has 2 aromatic rings. The molecule has 3 rings (SSSR count). The molecule has 6 N–H and O–H groups in total. The number of carboxylic acid groups (broad SMARTS) is 2. The Morgan fingerprint density at radius 3 is 2.53 bits per heavy atom. The highest BCUT2D eigenvalue weighted by molar-refractivity contribution is 5.98. The van der Waals surface area contributed by atoms with E-state index in [9.17, 15) is 19.5 Å². The third-order valence-corrected chi connectivity index (χ3v) is 5.73. The molecule has 10 nitrogen and oxygen atoms in total. The van der Waals surface area contributed by atoms with Gasteiger partial charge in [-0.3, -0.25) is 15.0 Å². The smallest absolute Gasteiger partial charge is 0.339 e. The molecule has 2 aromatic carbocycles. The van der Waals surface area contributed by atoms with Gasteiger partial charge in [0.25, 0.3) is 0 Å². The number of nitrogens with zero attached hydrogens (tertiary/aromatic N) is 1. The number of ether oxygens (including phenoxy) is 1. The van der Waals surface area contributed by atoms with Crippen LogP contribution < -0.4 is 20.7 Å². The van der Waals surface area contributed by atoms with Gasteiger partial charge in [0.1, 0.15) is 23.3 Å². The molecule has 0 unspecified atom stereocenters. The Labute approximate surface area is 208 Å². The average molecular weight is 495 g/mol. The monoisotopic (exact) mass is 494 g/mol. The summed E-state index contributed by atoms with van der Waals surface area (Å²) >= 11 is 0. The molecule has 0 aliphatic carbocycles. The Balaban J connectivity index is 1.86. The summed E-state index contributed by atoms with van der Waals surface area (Å²) in [6.45, 7) is 1.66. The number of nitrogens with two attached hydrogens (primary N) is 1. The standard InChI is InChI=1S/C26H30N4O6/c27-25(28)18-5-1-3-17(15-18)4-2-14-30(23(31)8-9-24(32)33)19-6-7-22(21(16-19)26(34)35)36-20-10-12-29-13-11-20/h1-7,15-16,20,29H,8-14H2,(H3,27,28)(H,32,33)(H,34,35). The van der Waals surface area contributed by atoms with Gasteiger partial charge in [-0.15, -0.1) is 0 Å². The maximum absolute atomic E-state index is 12.9. The van der Waals surface area contributed by atoms with E-state index in [0.29, 0.717) is 11.3 Å². The molecule has 36 heavy (non-hydrogen) atoms. The summed E-state index contributed by atoms with van der Waals surface area (Å²) in [5.41, 5.74) is 7.11. The first-order chi connectivity index (χ1) is 17.2. The number of nitrogen functional groups attached to an aromatic ring is 1. The zero-order valence-corrected chi connectivity index (χ0v) is 19.8. The first-order valence-electron chi connectivity index (χ1n) is 11.6. The van der Waals surface area contributed by atoms with E-state index < -0.39 is 17.8 Å². The largest absolute Gasteiger partial charge is 0.489 e. The number of nitrogens with one attached hydrogen (secondary N) is 2. The lowest BCUT2D eigenvalue weighted by Gasteiger charge is -2.26. The summed E-state index contributed by atoms with van der Waals surface area (Å²) in [7, 11) is 0. The molecular weight excluding hydrogens is 464 g/mol. The molecule has 0 bridgehead atoms. The predicted molar refractivity (Wildman–Crippen MR) is 136 cm³/mol. The Morgan fingerprint density at radius 2 is 1.86 bits per heavy atom. The minimum absolute atomic E-state index is 0.0660. The fourth-order valence-corrected chi connectivity index (χ4v) is 3.85. The fourth-order valence-electron chi connectivity index (χ4n) is 3.85. The van der Waals surface area contributed by atoms with Crippen LogP contribution in [0.3, 0.4) is 0 Å². The van der Waals surface area contributed by atoms with Crippen molar-refractivity contribution >= 4 is 35.4 Å². The molecule has 1 aliphatic heterocycles. The van der Waals surface area contributed by atoms with Crippen molar-refractivity contribution in [1.29, 1.82) is 5.41 Å². The number of hydrogen-bond donors (Lipinski definition) is 5. The van der Waals surface area contributed by atoms with Crippen molar-refractivity contribution in [3.05, 3.63) is 65.2 Å². The van der Waals surface area contributed by atoms with E-state index in [1.807, 2.05) is 6.07 Å². The Bertz CT molecular complexity index is 1160. The van der Waals surface area contributed by atoms with Crippen LogP contribution in [0, 0.1) is 5.41 Å². The van der Waals surface area contributed by atoms with Gasteiger partial charge in [-0.05, 0) is 55.8 Å². The van der Waals surface area contributed by atoms with E-state index in [0.717, 1.165) is 31.5 Å². The lowest BCUT2D eigenvalue weighted by atomic mass is 10.1. The number of carbonyl (C=O) groups excluding carboxylic acids is 1. The number of aliphatic carboxylic acids is 1. The molecule has 0 radical (unpaired) electrons. The Kier molecular flexibility index (Phi) is 9.18. The first-order valence-corrected chi connectivity index (χ1v) is 11.6. The summed E-state index contributed by atoms with van der Waals surface area (Å²) in [4.78, 5) is 37.3. The van der Waals surface area contributed by atoms with Crippen LogP contribution >= 0.6 is 0 Å². The van der Waals surface area contributed by atoms with E-state index in [2.05, 4.69) is 5.32 Å². The van der Waals surface area contributed by atoms with Crippen LogP contribution in [0.2, 0.25) is 0 Å². The summed E-state index contributed by atoms with van der Waals surface area (Å²) in [6, 6.07) is 11.5. The second kappa shape index (κ2) is 12.5. The van der Waals surface area contributed by atoms with Crippen LogP contribution in [0.5, 0.6) is 5.75 Å². The van der Waals surface area contributed by atoms with E-state index in [1.165, 1.54) is 11.0 Å². The number of carbonyl (C=O) groups is 3. The number of benzene rings is 2. The topological polar surface area (TPSA) is 166 Å².